The van der Waals surface area contributed by atoms with Crippen LogP contribution < -0.4 is 11.1 Å². The Kier molecular flexibility index (Phi) is 3.70. The smallest absolute Gasteiger partial charge is 0.241 e. The van der Waals surface area contributed by atoms with Gasteiger partial charge in [-0.15, -0.1) is 0 Å². The van der Waals surface area contributed by atoms with Crippen molar-refractivity contribution in [1.82, 2.24) is 10.2 Å². The van der Waals surface area contributed by atoms with Crippen LogP contribution in [-0.2, 0) is 9.59 Å². The second kappa shape index (κ2) is 4.81. The summed E-state index contributed by atoms with van der Waals surface area (Å²) >= 11 is 0. The molecule has 0 bridgehead atoms. The molecule has 0 radical (unpaired) electrons. The maximum Gasteiger partial charge on any atom is 0.241 e. The van der Waals surface area contributed by atoms with E-state index in [0.29, 0.717) is 26.1 Å². The van der Waals surface area contributed by atoms with Gasteiger partial charge in [0.05, 0.1) is 6.54 Å². The van der Waals surface area contributed by atoms with Crippen molar-refractivity contribution in [1.29, 1.82) is 0 Å². The van der Waals surface area contributed by atoms with Crippen LogP contribution >= 0.6 is 0 Å². The van der Waals surface area contributed by atoms with Gasteiger partial charge in [-0.2, -0.15) is 0 Å². The third kappa shape index (κ3) is 3.02. The van der Waals surface area contributed by atoms with Crippen molar-refractivity contribution in [2.45, 2.75) is 12.8 Å². The van der Waals surface area contributed by atoms with Crippen LogP contribution in [0.3, 0.4) is 0 Å². The summed E-state index contributed by atoms with van der Waals surface area (Å²) in [5.41, 5.74) is 5.34. The average molecular weight is 185 g/mol. The Hall–Kier alpha value is -1.10. The number of hydrogen-bond acceptors (Lipinski definition) is 3. The molecule has 0 aromatic heterocycles. The predicted octanol–water partition coefficient (Wildman–Crippen LogP) is -1.32. The number of rotatable bonds is 3. The van der Waals surface area contributed by atoms with E-state index in [1.165, 1.54) is 0 Å². The molecular formula is C8H15N3O2. The maximum absolute atomic E-state index is 11.3. The van der Waals surface area contributed by atoms with Crippen molar-refractivity contribution in [3.8, 4) is 0 Å². The van der Waals surface area contributed by atoms with E-state index < -0.39 is 0 Å². The first-order chi connectivity index (χ1) is 6.24. The normalized spacial score (nSPS) is 18.4. The molecule has 0 aromatic rings. The molecule has 0 unspecified atom stereocenters. The second-order valence-electron chi connectivity index (χ2n) is 3.05. The molecule has 74 valence electrons. The van der Waals surface area contributed by atoms with Gasteiger partial charge in [-0.05, 0) is 13.0 Å². The topological polar surface area (TPSA) is 75.4 Å². The molecule has 1 rings (SSSR count). The van der Waals surface area contributed by atoms with Crippen molar-refractivity contribution in [2.24, 2.45) is 5.73 Å². The summed E-state index contributed by atoms with van der Waals surface area (Å²) in [5, 5.41) is 2.54. The van der Waals surface area contributed by atoms with Gasteiger partial charge in [0.25, 0.3) is 0 Å². The lowest BCUT2D eigenvalue weighted by Crippen LogP contribution is -2.36. The second-order valence-corrected chi connectivity index (χ2v) is 3.05. The molecule has 0 aliphatic carbocycles. The Morgan fingerprint density at radius 3 is 2.92 bits per heavy atom. The molecule has 0 spiro atoms. The fourth-order valence-electron chi connectivity index (χ4n) is 1.25. The quantitative estimate of drug-likeness (QED) is 0.573. The zero-order chi connectivity index (χ0) is 9.68. The van der Waals surface area contributed by atoms with Crippen molar-refractivity contribution >= 4 is 11.8 Å². The Labute approximate surface area is 77.3 Å². The Morgan fingerprint density at radius 2 is 2.23 bits per heavy atom. The highest BCUT2D eigenvalue weighted by Gasteiger charge is 2.18. The first-order valence-electron chi connectivity index (χ1n) is 4.48. The van der Waals surface area contributed by atoms with Crippen molar-refractivity contribution < 1.29 is 9.59 Å². The van der Waals surface area contributed by atoms with E-state index in [1.807, 2.05) is 0 Å². The van der Waals surface area contributed by atoms with E-state index in [2.05, 4.69) is 5.32 Å². The summed E-state index contributed by atoms with van der Waals surface area (Å²) in [7, 11) is 0. The molecule has 2 amide bonds. The highest BCUT2D eigenvalue weighted by Crippen LogP contribution is 1.98. The maximum atomic E-state index is 11.3. The highest BCUT2D eigenvalue weighted by molar-refractivity contribution is 5.87. The molecule has 5 heteroatoms. The summed E-state index contributed by atoms with van der Waals surface area (Å²) < 4.78 is 0. The number of nitrogens with one attached hydrogen (secondary N) is 1. The van der Waals surface area contributed by atoms with E-state index in [0.717, 1.165) is 6.42 Å². The van der Waals surface area contributed by atoms with Gasteiger partial charge < -0.3 is 16.0 Å². The third-order valence-electron chi connectivity index (χ3n) is 2.03. The van der Waals surface area contributed by atoms with Crippen LogP contribution in [0.2, 0.25) is 0 Å². The average Bonchev–Trinajstić information content (AvgIpc) is 2.28. The summed E-state index contributed by atoms with van der Waals surface area (Å²) in [4.78, 5) is 24.0. The molecule has 0 saturated carbocycles. The summed E-state index contributed by atoms with van der Waals surface area (Å²) in [6.07, 6.45) is 1.19. The molecule has 1 aliphatic rings. The van der Waals surface area contributed by atoms with Gasteiger partial charge >= 0.3 is 0 Å². The van der Waals surface area contributed by atoms with Crippen LogP contribution in [0.25, 0.3) is 0 Å². The number of amides is 2. The number of hydrogen-bond donors (Lipinski definition) is 2. The zero-order valence-electron chi connectivity index (χ0n) is 7.58. The first kappa shape index (κ1) is 9.98. The summed E-state index contributed by atoms with van der Waals surface area (Å²) in [6, 6.07) is 0. The van der Waals surface area contributed by atoms with E-state index in [-0.39, 0.29) is 18.4 Å². The number of nitrogens with zero attached hydrogens (tertiary/aromatic N) is 1. The lowest BCUT2D eigenvalue weighted by molar-refractivity contribution is -0.130. The third-order valence-corrected chi connectivity index (χ3v) is 2.03. The van der Waals surface area contributed by atoms with Crippen molar-refractivity contribution in [3.05, 3.63) is 0 Å². The van der Waals surface area contributed by atoms with Gasteiger partial charge in [0.1, 0.15) is 0 Å². The minimum Gasteiger partial charge on any atom is -0.347 e. The number of carbonyl (C=O) groups is 2. The molecule has 0 aromatic carbocycles. The van der Waals surface area contributed by atoms with Crippen LogP contribution in [0.1, 0.15) is 12.8 Å². The number of nitrogens with two attached hydrogens (primary N) is 1. The molecule has 1 heterocycles. The first-order valence-corrected chi connectivity index (χ1v) is 4.48. The van der Waals surface area contributed by atoms with Crippen LogP contribution in [0.4, 0.5) is 0 Å². The van der Waals surface area contributed by atoms with Gasteiger partial charge in [-0.1, -0.05) is 0 Å². The fourth-order valence-corrected chi connectivity index (χ4v) is 1.25. The molecule has 1 aliphatic heterocycles. The zero-order valence-corrected chi connectivity index (χ0v) is 7.58. The minimum atomic E-state index is -0.0522. The van der Waals surface area contributed by atoms with Gasteiger partial charge in [0.2, 0.25) is 11.8 Å². The van der Waals surface area contributed by atoms with E-state index in [4.69, 9.17) is 5.73 Å². The van der Waals surface area contributed by atoms with E-state index in [1.54, 1.807) is 4.90 Å². The molecule has 0 atom stereocenters. The monoisotopic (exact) mass is 185 g/mol. The highest BCUT2D eigenvalue weighted by atomic mass is 16.2. The number of carbonyl (C=O) groups excluding carboxylic acids is 2. The van der Waals surface area contributed by atoms with E-state index >= 15 is 0 Å². The van der Waals surface area contributed by atoms with Crippen LogP contribution in [0.15, 0.2) is 0 Å². The Balaban J connectivity index is 2.42. The van der Waals surface area contributed by atoms with Gasteiger partial charge in [-0.3, -0.25) is 9.59 Å². The molecule has 1 saturated heterocycles. The minimum absolute atomic E-state index is 0.0145. The van der Waals surface area contributed by atoms with Gasteiger partial charge in [0, 0.05) is 19.5 Å². The predicted molar refractivity (Wildman–Crippen MR) is 47.9 cm³/mol. The van der Waals surface area contributed by atoms with Crippen molar-refractivity contribution in [2.75, 3.05) is 26.2 Å². The molecule has 1 fully saturated rings. The Bertz CT molecular complexity index is 206. The standard InChI is InChI=1S/C8H15N3O2/c9-3-1-4-11-5-2-7(12)10-6-8(11)13/h1-6,9H2,(H,10,12). The Morgan fingerprint density at radius 1 is 1.46 bits per heavy atom. The van der Waals surface area contributed by atoms with Crippen LogP contribution in [0, 0.1) is 0 Å². The lowest BCUT2D eigenvalue weighted by Gasteiger charge is -2.18. The van der Waals surface area contributed by atoms with Gasteiger partial charge in [0.15, 0.2) is 0 Å². The molecular weight excluding hydrogens is 170 g/mol. The van der Waals surface area contributed by atoms with Gasteiger partial charge in [-0.25, -0.2) is 0 Å². The molecule has 3 N–H and O–H groups in total. The van der Waals surface area contributed by atoms with Crippen LogP contribution in [0.5, 0.6) is 0 Å². The fraction of sp³-hybridized carbons (Fsp3) is 0.750. The SMILES string of the molecule is NCCCN1CCC(=O)NCC1=O. The molecule has 5 nitrogen and oxygen atoms in total. The van der Waals surface area contributed by atoms with E-state index in [9.17, 15) is 9.59 Å². The van der Waals surface area contributed by atoms with Crippen LogP contribution in [-0.4, -0.2) is 42.9 Å². The summed E-state index contributed by atoms with van der Waals surface area (Å²) in [5.74, 6) is -0.0668. The lowest BCUT2D eigenvalue weighted by atomic mass is 10.3. The summed E-state index contributed by atoms with van der Waals surface area (Å²) in [6.45, 7) is 1.88. The molecule has 13 heavy (non-hydrogen) atoms. The largest absolute Gasteiger partial charge is 0.347 e. The van der Waals surface area contributed by atoms with Crippen molar-refractivity contribution in [3.63, 3.8) is 0 Å².